The van der Waals surface area contributed by atoms with Crippen LogP contribution >= 0.6 is 0 Å². The second kappa shape index (κ2) is 11.4. The van der Waals surface area contributed by atoms with Crippen molar-refractivity contribution in [3.05, 3.63) is 164 Å². The van der Waals surface area contributed by atoms with Gasteiger partial charge in [-0.3, -0.25) is 0 Å². The lowest BCUT2D eigenvalue weighted by molar-refractivity contribution is 0.668. The third-order valence-electron chi connectivity index (χ3n) is 9.35. The van der Waals surface area contributed by atoms with E-state index < -0.39 is 0 Å². The Morgan fingerprint density at radius 3 is 1.56 bits per heavy atom. The van der Waals surface area contributed by atoms with Crippen LogP contribution in [0.3, 0.4) is 0 Å². The zero-order valence-corrected chi connectivity index (χ0v) is 26.7. The van der Waals surface area contributed by atoms with E-state index >= 15 is 0 Å². The molecule has 0 N–H and O–H groups in total. The fourth-order valence-corrected chi connectivity index (χ4v) is 6.85. The van der Waals surface area contributed by atoms with Gasteiger partial charge in [-0.25, -0.2) is 15.0 Å². The Labute approximate surface area is 287 Å². The number of furan rings is 2. The maximum atomic E-state index is 6.61. The van der Waals surface area contributed by atoms with Crippen LogP contribution in [0.1, 0.15) is 0 Å². The second-order valence-electron chi connectivity index (χ2n) is 12.4. The lowest BCUT2D eigenvalue weighted by Gasteiger charge is -2.09. The van der Waals surface area contributed by atoms with Crippen molar-refractivity contribution in [2.75, 3.05) is 0 Å². The van der Waals surface area contributed by atoms with E-state index in [1.165, 1.54) is 5.56 Å². The predicted octanol–water partition coefficient (Wildman–Crippen LogP) is 12.0. The molecule has 0 bridgehead atoms. The van der Waals surface area contributed by atoms with Crippen LogP contribution in [-0.2, 0) is 0 Å². The summed E-state index contributed by atoms with van der Waals surface area (Å²) >= 11 is 0. The highest BCUT2D eigenvalue weighted by atomic mass is 16.3. The molecule has 0 saturated heterocycles. The summed E-state index contributed by atoms with van der Waals surface area (Å²) in [6, 6.07) is 55.8. The lowest BCUT2D eigenvalue weighted by atomic mass is 10.0. The van der Waals surface area contributed by atoms with Crippen LogP contribution in [0.25, 0.3) is 100 Å². The Hall–Kier alpha value is -6.85. The SMILES string of the molecule is c1ccc(-c2ccc3c(c2)oc2c(-c4nc(-c5ccccc5)nc(-c5ccc6c(c5)oc5ccc(-c7ccccc7)cc56)n4)cccc23)cc1. The quantitative estimate of drug-likeness (QED) is 0.187. The summed E-state index contributed by atoms with van der Waals surface area (Å²) < 4.78 is 13.0. The molecule has 3 aromatic heterocycles. The van der Waals surface area contributed by atoms with Gasteiger partial charge in [0.05, 0.1) is 5.56 Å². The van der Waals surface area contributed by atoms with Gasteiger partial charge in [0.15, 0.2) is 17.5 Å². The summed E-state index contributed by atoms with van der Waals surface area (Å²) in [5.41, 5.74) is 10.3. The molecule has 3 heterocycles. The number of nitrogens with zero attached hydrogens (tertiary/aromatic N) is 3. The van der Waals surface area contributed by atoms with E-state index in [2.05, 4.69) is 84.9 Å². The number of benzene rings is 7. The number of fused-ring (bicyclic) bond motifs is 6. The van der Waals surface area contributed by atoms with Crippen molar-refractivity contribution >= 4 is 43.9 Å². The van der Waals surface area contributed by atoms with Crippen LogP contribution < -0.4 is 0 Å². The van der Waals surface area contributed by atoms with E-state index in [0.717, 1.165) is 77.3 Å². The normalized spacial score (nSPS) is 11.6. The average molecular weight is 642 g/mol. The topological polar surface area (TPSA) is 65.0 Å². The smallest absolute Gasteiger partial charge is 0.167 e. The summed E-state index contributed by atoms with van der Waals surface area (Å²) in [6.45, 7) is 0. The van der Waals surface area contributed by atoms with Gasteiger partial charge in [-0.2, -0.15) is 0 Å². The third kappa shape index (κ3) is 4.75. The molecule has 0 atom stereocenters. The summed E-state index contributed by atoms with van der Waals surface area (Å²) in [5, 5.41) is 4.17. The Morgan fingerprint density at radius 1 is 0.300 bits per heavy atom. The first-order valence-corrected chi connectivity index (χ1v) is 16.6. The van der Waals surface area contributed by atoms with Crippen molar-refractivity contribution in [2.45, 2.75) is 0 Å². The number of aromatic nitrogens is 3. The van der Waals surface area contributed by atoms with Crippen molar-refractivity contribution in [1.29, 1.82) is 0 Å². The highest BCUT2D eigenvalue weighted by molar-refractivity contribution is 6.10. The Balaban J connectivity index is 1.13. The van der Waals surface area contributed by atoms with Gasteiger partial charge in [0.1, 0.15) is 22.3 Å². The zero-order chi connectivity index (χ0) is 33.0. The van der Waals surface area contributed by atoms with E-state index in [1.807, 2.05) is 78.9 Å². The van der Waals surface area contributed by atoms with Crippen molar-refractivity contribution in [1.82, 2.24) is 15.0 Å². The monoisotopic (exact) mass is 641 g/mol. The van der Waals surface area contributed by atoms with Gasteiger partial charge in [0.25, 0.3) is 0 Å². The maximum absolute atomic E-state index is 6.61. The van der Waals surface area contributed by atoms with Gasteiger partial charge in [-0.15, -0.1) is 0 Å². The molecule has 234 valence electrons. The first-order valence-electron chi connectivity index (χ1n) is 16.6. The molecule has 10 aromatic rings. The minimum absolute atomic E-state index is 0.541. The average Bonchev–Trinajstić information content (AvgIpc) is 3.76. The number of rotatable bonds is 5. The van der Waals surface area contributed by atoms with Crippen LogP contribution in [-0.4, -0.2) is 15.0 Å². The van der Waals surface area contributed by atoms with Crippen molar-refractivity contribution in [3.8, 4) is 56.4 Å². The third-order valence-corrected chi connectivity index (χ3v) is 9.35. The van der Waals surface area contributed by atoms with E-state index in [0.29, 0.717) is 17.5 Å². The molecular weight excluding hydrogens is 615 g/mol. The van der Waals surface area contributed by atoms with Gasteiger partial charge in [0.2, 0.25) is 0 Å². The molecule has 0 saturated carbocycles. The van der Waals surface area contributed by atoms with Crippen LogP contribution in [0, 0.1) is 0 Å². The van der Waals surface area contributed by atoms with Crippen molar-refractivity contribution < 1.29 is 8.83 Å². The highest BCUT2D eigenvalue weighted by Crippen LogP contribution is 2.38. The van der Waals surface area contributed by atoms with Crippen molar-refractivity contribution in [3.63, 3.8) is 0 Å². The van der Waals surface area contributed by atoms with E-state index in [4.69, 9.17) is 23.8 Å². The van der Waals surface area contributed by atoms with Crippen LogP contribution in [0.5, 0.6) is 0 Å². The number of hydrogen-bond donors (Lipinski definition) is 0. The number of para-hydroxylation sites is 1. The molecule has 0 radical (unpaired) electrons. The van der Waals surface area contributed by atoms with Crippen molar-refractivity contribution in [2.24, 2.45) is 0 Å². The molecule has 5 nitrogen and oxygen atoms in total. The standard InChI is InChI=1S/C45H27N3O2/c1-4-11-28(12-5-1)31-21-24-39-38(25-31)35-23-20-33(27-40(35)49-39)44-46-43(30-15-8-3-9-16-30)47-45(48-44)37-18-10-17-36-34-22-19-32(26-41(34)50-42(36)37)29-13-6-2-7-14-29/h1-27H. The summed E-state index contributed by atoms with van der Waals surface area (Å²) in [5.74, 6) is 1.68. The zero-order valence-electron chi connectivity index (χ0n) is 26.7. The summed E-state index contributed by atoms with van der Waals surface area (Å²) in [4.78, 5) is 15.1. The molecule has 10 rings (SSSR count). The van der Waals surface area contributed by atoms with Gasteiger partial charge < -0.3 is 8.83 Å². The molecule has 50 heavy (non-hydrogen) atoms. The molecule has 5 heteroatoms. The van der Waals surface area contributed by atoms with Gasteiger partial charge >= 0.3 is 0 Å². The molecule has 0 fully saturated rings. The number of hydrogen-bond acceptors (Lipinski definition) is 5. The molecule has 0 aliphatic heterocycles. The minimum atomic E-state index is 0.541. The minimum Gasteiger partial charge on any atom is -0.456 e. The maximum Gasteiger partial charge on any atom is 0.167 e. The second-order valence-corrected chi connectivity index (χ2v) is 12.4. The summed E-state index contributed by atoms with van der Waals surface area (Å²) in [6.07, 6.45) is 0. The Kier molecular flexibility index (Phi) is 6.42. The molecule has 7 aromatic carbocycles. The molecule has 0 aliphatic carbocycles. The highest BCUT2D eigenvalue weighted by Gasteiger charge is 2.19. The predicted molar refractivity (Wildman–Crippen MR) is 202 cm³/mol. The molecule has 0 amide bonds. The van der Waals surface area contributed by atoms with Crippen LogP contribution in [0.4, 0.5) is 0 Å². The first-order chi connectivity index (χ1) is 24.7. The van der Waals surface area contributed by atoms with Gasteiger partial charge in [-0.1, -0.05) is 121 Å². The van der Waals surface area contributed by atoms with E-state index in [9.17, 15) is 0 Å². The largest absolute Gasteiger partial charge is 0.456 e. The molecule has 0 aliphatic rings. The van der Waals surface area contributed by atoms with Gasteiger partial charge in [0, 0.05) is 32.7 Å². The van der Waals surface area contributed by atoms with Gasteiger partial charge in [-0.05, 0) is 64.7 Å². The Bertz CT molecular complexity index is 2860. The Morgan fingerprint density at radius 2 is 0.840 bits per heavy atom. The van der Waals surface area contributed by atoms with Crippen LogP contribution in [0.2, 0.25) is 0 Å². The molecule has 0 spiro atoms. The first kappa shape index (κ1) is 28.2. The van der Waals surface area contributed by atoms with E-state index in [1.54, 1.807) is 0 Å². The fourth-order valence-electron chi connectivity index (χ4n) is 6.85. The summed E-state index contributed by atoms with van der Waals surface area (Å²) in [7, 11) is 0. The van der Waals surface area contributed by atoms with Crippen LogP contribution in [0.15, 0.2) is 173 Å². The fraction of sp³-hybridized carbons (Fsp3) is 0. The lowest BCUT2D eigenvalue weighted by Crippen LogP contribution is -2.00. The molecular formula is C45H27N3O2. The molecule has 0 unspecified atom stereocenters. The van der Waals surface area contributed by atoms with E-state index in [-0.39, 0.29) is 0 Å².